The highest BCUT2D eigenvalue weighted by molar-refractivity contribution is 5.93. The van der Waals surface area contributed by atoms with Crippen molar-refractivity contribution in [3.05, 3.63) is 72.7 Å². The third-order valence-electron chi connectivity index (χ3n) is 5.90. The minimum atomic E-state index is 0.168. The molecule has 2 aromatic heterocycles. The van der Waals surface area contributed by atoms with E-state index in [1.165, 1.54) is 32.9 Å². The van der Waals surface area contributed by atoms with Crippen LogP contribution in [-0.4, -0.2) is 45.3 Å². The lowest BCUT2D eigenvalue weighted by molar-refractivity contribution is 0.278. The number of likely N-dealkylation sites (tertiary alicyclic amines) is 1. The number of hydrogen-bond donors (Lipinski definition) is 2. The first-order chi connectivity index (χ1) is 14.3. The predicted molar refractivity (Wildman–Crippen MR) is 118 cm³/mol. The summed E-state index contributed by atoms with van der Waals surface area (Å²) in [6, 6.07) is 17.7. The number of aromatic nitrogens is 2. The molecular formula is C24H26N4O. The quantitative estimate of drug-likeness (QED) is 0.528. The Labute approximate surface area is 170 Å². The maximum Gasteiger partial charge on any atom is 0.0610 e. The van der Waals surface area contributed by atoms with E-state index >= 15 is 0 Å². The molecule has 0 radical (unpaired) electrons. The number of nitrogens with zero attached hydrogens (tertiary/aromatic N) is 3. The van der Waals surface area contributed by atoms with Gasteiger partial charge in [-0.2, -0.15) is 0 Å². The van der Waals surface area contributed by atoms with Crippen LogP contribution >= 0.6 is 0 Å². The van der Waals surface area contributed by atoms with Gasteiger partial charge in [0.2, 0.25) is 0 Å². The summed E-state index contributed by atoms with van der Waals surface area (Å²) in [5.74, 6) is 0. The minimum Gasteiger partial charge on any atom is -0.395 e. The van der Waals surface area contributed by atoms with Crippen LogP contribution in [-0.2, 0) is 13.1 Å². The molecule has 5 heteroatoms. The van der Waals surface area contributed by atoms with Crippen molar-refractivity contribution in [2.45, 2.75) is 25.6 Å². The van der Waals surface area contributed by atoms with Crippen molar-refractivity contribution in [1.29, 1.82) is 0 Å². The molecule has 1 fully saturated rings. The first-order valence-corrected chi connectivity index (χ1v) is 10.3. The van der Waals surface area contributed by atoms with Crippen molar-refractivity contribution in [2.75, 3.05) is 25.0 Å². The van der Waals surface area contributed by atoms with Crippen molar-refractivity contribution in [3.63, 3.8) is 0 Å². The van der Waals surface area contributed by atoms with E-state index in [0.29, 0.717) is 12.6 Å². The Bertz CT molecular complexity index is 1130. The molecule has 3 heterocycles. The maximum absolute atomic E-state index is 9.19. The summed E-state index contributed by atoms with van der Waals surface area (Å²) in [6.07, 6.45) is 6.99. The number of pyridine rings is 1. The van der Waals surface area contributed by atoms with Gasteiger partial charge in [-0.1, -0.05) is 18.2 Å². The highest BCUT2D eigenvalue weighted by Crippen LogP contribution is 2.26. The van der Waals surface area contributed by atoms with Gasteiger partial charge in [0.05, 0.1) is 6.61 Å². The maximum atomic E-state index is 9.19. The van der Waals surface area contributed by atoms with Crippen LogP contribution in [0.4, 0.5) is 5.69 Å². The van der Waals surface area contributed by atoms with Crippen LogP contribution < -0.4 is 5.32 Å². The highest BCUT2D eigenvalue weighted by Gasteiger charge is 2.23. The van der Waals surface area contributed by atoms with E-state index in [1.807, 2.05) is 12.4 Å². The van der Waals surface area contributed by atoms with Gasteiger partial charge in [0.15, 0.2) is 0 Å². The number of benzene rings is 2. The lowest BCUT2D eigenvalue weighted by Gasteiger charge is -2.18. The van der Waals surface area contributed by atoms with Crippen LogP contribution in [0.3, 0.4) is 0 Å². The van der Waals surface area contributed by atoms with Gasteiger partial charge in [0, 0.05) is 72.8 Å². The second-order valence-corrected chi connectivity index (χ2v) is 7.89. The van der Waals surface area contributed by atoms with Gasteiger partial charge in [0.1, 0.15) is 0 Å². The molecule has 5 nitrogen and oxygen atoms in total. The lowest BCUT2D eigenvalue weighted by Crippen LogP contribution is -2.26. The molecule has 5 rings (SSSR count). The Morgan fingerprint density at radius 2 is 2.07 bits per heavy atom. The smallest absolute Gasteiger partial charge is 0.0610 e. The van der Waals surface area contributed by atoms with Gasteiger partial charge in [-0.05, 0) is 47.7 Å². The van der Waals surface area contributed by atoms with E-state index in [1.54, 1.807) is 0 Å². The van der Waals surface area contributed by atoms with E-state index in [2.05, 4.69) is 74.5 Å². The second kappa shape index (κ2) is 7.85. The molecule has 29 heavy (non-hydrogen) atoms. The molecule has 4 aromatic rings. The molecule has 2 aromatic carbocycles. The lowest BCUT2D eigenvalue weighted by atomic mass is 10.1. The molecule has 2 N–H and O–H groups in total. The first kappa shape index (κ1) is 18.2. The molecule has 0 saturated carbocycles. The van der Waals surface area contributed by atoms with Crippen LogP contribution in [0.5, 0.6) is 0 Å². The Kier molecular flexibility index (Phi) is 4.92. The Balaban J connectivity index is 1.26. The van der Waals surface area contributed by atoms with Crippen molar-refractivity contribution in [1.82, 2.24) is 14.5 Å². The average molecular weight is 386 g/mol. The van der Waals surface area contributed by atoms with Crippen LogP contribution in [0, 0.1) is 0 Å². The topological polar surface area (TPSA) is 53.3 Å². The van der Waals surface area contributed by atoms with Gasteiger partial charge in [-0.25, -0.2) is 0 Å². The zero-order valence-electron chi connectivity index (χ0n) is 16.5. The third-order valence-corrected chi connectivity index (χ3v) is 5.90. The van der Waals surface area contributed by atoms with Crippen molar-refractivity contribution >= 4 is 27.4 Å². The van der Waals surface area contributed by atoms with Gasteiger partial charge in [-0.15, -0.1) is 0 Å². The van der Waals surface area contributed by atoms with E-state index in [9.17, 15) is 5.11 Å². The number of hydrogen-bond acceptors (Lipinski definition) is 4. The molecule has 1 aliphatic rings. The molecule has 0 bridgehead atoms. The van der Waals surface area contributed by atoms with E-state index in [0.717, 1.165) is 26.1 Å². The average Bonchev–Trinajstić information content (AvgIpc) is 3.35. The molecule has 0 unspecified atom stereocenters. The number of aliphatic hydroxyl groups is 1. The highest BCUT2D eigenvalue weighted by atomic mass is 16.3. The van der Waals surface area contributed by atoms with Crippen LogP contribution in [0.2, 0.25) is 0 Å². The Morgan fingerprint density at radius 1 is 1.10 bits per heavy atom. The fraction of sp³-hybridized carbons (Fsp3) is 0.292. The summed E-state index contributed by atoms with van der Waals surface area (Å²) in [5, 5.41) is 16.6. The summed E-state index contributed by atoms with van der Waals surface area (Å²) in [5.41, 5.74) is 3.73. The standard InChI is InChI=1S/C24H26N4O/c29-13-12-28-11-7-19-14-18(4-5-24(19)28)16-27-10-8-21(17-27)26-23-3-1-2-20-15-25-9-6-22(20)23/h1-7,9,11,14-15,21,26,29H,8,10,12-13,16-17H2/t21-/m1/s1. The summed E-state index contributed by atoms with van der Waals surface area (Å²) in [7, 11) is 0. The predicted octanol–water partition coefficient (Wildman–Crippen LogP) is 3.87. The van der Waals surface area contributed by atoms with Crippen LogP contribution in [0.25, 0.3) is 21.7 Å². The largest absolute Gasteiger partial charge is 0.395 e. The Morgan fingerprint density at radius 3 is 3.00 bits per heavy atom. The monoisotopic (exact) mass is 386 g/mol. The van der Waals surface area contributed by atoms with Crippen LogP contribution in [0.1, 0.15) is 12.0 Å². The normalized spacial score (nSPS) is 17.3. The number of fused-ring (bicyclic) bond motifs is 2. The Hall–Kier alpha value is -2.89. The summed E-state index contributed by atoms with van der Waals surface area (Å²) >= 11 is 0. The summed E-state index contributed by atoms with van der Waals surface area (Å²) < 4.78 is 2.11. The first-order valence-electron chi connectivity index (χ1n) is 10.3. The third kappa shape index (κ3) is 3.71. The molecular weight excluding hydrogens is 360 g/mol. The van der Waals surface area contributed by atoms with E-state index < -0.39 is 0 Å². The van der Waals surface area contributed by atoms with Crippen molar-refractivity contribution in [3.8, 4) is 0 Å². The molecule has 1 atom stereocenters. The van der Waals surface area contributed by atoms with Gasteiger partial charge in [0.25, 0.3) is 0 Å². The number of aliphatic hydroxyl groups excluding tert-OH is 1. The fourth-order valence-electron chi connectivity index (χ4n) is 4.47. The van der Waals surface area contributed by atoms with E-state index in [4.69, 9.17) is 0 Å². The number of anilines is 1. The van der Waals surface area contributed by atoms with Crippen molar-refractivity contribution < 1.29 is 5.11 Å². The van der Waals surface area contributed by atoms with Crippen molar-refractivity contribution in [2.24, 2.45) is 0 Å². The molecule has 0 amide bonds. The molecule has 1 saturated heterocycles. The minimum absolute atomic E-state index is 0.168. The zero-order chi connectivity index (χ0) is 19.6. The summed E-state index contributed by atoms with van der Waals surface area (Å²) in [6.45, 7) is 3.94. The molecule has 1 aliphatic heterocycles. The number of rotatable bonds is 6. The molecule has 0 aliphatic carbocycles. The fourth-order valence-corrected chi connectivity index (χ4v) is 4.47. The molecule has 148 valence electrons. The number of nitrogens with one attached hydrogen (secondary N) is 1. The van der Waals surface area contributed by atoms with Gasteiger partial charge >= 0.3 is 0 Å². The van der Waals surface area contributed by atoms with Gasteiger partial charge in [-0.3, -0.25) is 9.88 Å². The second-order valence-electron chi connectivity index (χ2n) is 7.89. The van der Waals surface area contributed by atoms with Gasteiger partial charge < -0.3 is 15.0 Å². The molecule has 0 spiro atoms. The van der Waals surface area contributed by atoms with E-state index in [-0.39, 0.29) is 6.61 Å². The zero-order valence-corrected chi connectivity index (χ0v) is 16.5. The van der Waals surface area contributed by atoms with Crippen LogP contribution in [0.15, 0.2) is 67.1 Å². The summed E-state index contributed by atoms with van der Waals surface area (Å²) in [4.78, 5) is 6.75. The SMILES string of the molecule is OCCn1ccc2cc(CN3CC[C@@H](Nc4cccc5cnccc45)C3)ccc21.